The molecule has 0 saturated carbocycles. The Hall–Kier alpha value is -0.890. The zero-order valence-corrected chi connectivity index (χ0v) is 12.7. The van der Waals surface area contributed by atoms with Crippen LogP contribution in [0.25, 0.3) is 10.2 Å². The number of hydrogen-bond donors (Lipinski definition) is 2. The van der Waals surface area contributed by atoms with Crippen LogP contribution in [0.2, 0.25) is 5.02 Å². The predicted molar refractivity (Wildman–Crippen MR) is 80.6 cm³/mol. The lowest BCUT2D eigenvalue weighted by molar-refractivity contribution is 0.586. The summed E-state index contributed by atoms with van der Waals surface area (Å²) in [6, 6.07) is 5.59. The lowest BCUT2D eigenvalue weighted by Crippen LogP contribution is -2.24. The van der Waals surface area contributed by atoms with Gasteiger partial charge < -0.3 is 5.32 Å². The van der Waals surface area contributed by atoms with E-state index in [9.17, 15) is 8.42 Å². The van der Waals surface area contributed by atoms with Crippen molar-refractivity contribution >= 4 is 48.3 Å². The summed E-state index contributed by atoms with van der Waals surface area (Å²) in [5, 5.41) is 4.65. The van der Waals surface area contributed by atoms with E-state index in [1.807, 2.05) is 18.2 Å². The summed E-state index contributed by atoms with van der Waals surface area (Å²) in [5.41, 5.74) is 0.870. The van der Waals surface area contributed by atoms with Crippen LogP contribution in [0.4, 0.5) is 5.13 Å². The van der Waals surface area contributed by atoms with Crippen molar-refractivity contribution in [1.82, 2.24) is 9.71 Å². The van der Waals surface area contributed by atoms with Crippen molar-refractivity contribution in [2.24, 2.45) is 0 Å². The Labute approximate surface area is 121 Å². The molecule has 0 aliphatic heterocycles. The first-order valence-corrected chi connectivity index (χ1v) is 8.77. The van der Waals surface area contributed by atoms with Gasteiger partial charge in [0.2, 0.25) is 10.0 Å². The van der Waals surface area contributed by atoms with Crippen LogP contribution in [0.5, 0.6) is 0 Å². The highest BCUT2D eigenvalue weighted by Gasteiger charge is 2.04. The zero-order chi connectivity index (χ0) is 13.9. The molecule has 2 rings (SSSR count). The average Bonchev–Trinajstić information content (AvgIpc) is 2.68. The van der Waals surface area contributed by atoms with Crippen LogP contribution in [0, 0.1) is 0 Å². The molecule has 8 heteroatoms. The third-order valence-electron chi connectivity index (χ3n) is 2.34. The highest BCUT2D eigenvalue weighted by atomic mass is 35.5. The number of hydrogen-bond acceptors (Lipinski definition) is 5. The number of sulfonamides is 1. The third-order valence-corrected chi connectivity index (χ3v) is 4.30. The molecule has 0 saturated heterocycles. The van der Waals surface area contributed by atoms with E-state index in [1.165, 1.54) is 0 Å². The smallest absolute Gasteiger partial charge is 0.208 e. The first kappa shape index (κ1) is 14.5. The molecule has 0 amide bonds. The summed E-state index contributed by atoms with van der Waals surface area (Å²) >= 11 is 7.45. The second kappa shape index (κ2) is 6.04. The van der Waals surface area contributed by atoms with Crippen LogP contribution in [0.15, 0.2) is 18.2 Å². The fourth-order valence-corrected chi connectivity index (χ4v) is 3.07. The maximum absolute atomic E-state index is 10.9. The summed E-state index contributed by atoms with van der Waals surface area (Å²) in [4.78, 5) is 4.40. The fraction of sp³-hybridized carbons (Fsp3) is 0.364. The highest BCUT2D eigenvalue weighted by molar-refractivity contribution is 7.88. The van der Waals surface area contributed by atoms with Gasteiger partial charge in [-0.15, -0.1) is 0 Å². The van der Waals surface area contributed by atoms with E-state index in [2.05, 4.69) is 15.0 Å². The minimum atomic E-state index is -3.10. The standard InChI is InChI=1S/C11H14ClN3O2S2/c1-19(16,17)14-6-2-5-13-11-15-9-7-8(12)3-4-10(9)18-11/h3-4,7,14H,2,5-6H2,1H3,(H,13,15). The topological polar surface area (TPSA) is 71.1 Å². The summed E-state index contributed by atoms with van der Waals surface area (Å²) in [6.45, 7) is 1.08. The summed E-state index contributed by atoms with van der Waals surface area (Å²) < 4.78 is 25.2. The first-order chi connectivity index (χ1) is 8.94. The lowest BCUT2D eigenvalue weighted by Gasteiger charge is -2.03. The molecule has 0 atom stereocenters. The molecule has 5 nitrogen and oxygen atoms in total. The molecule has 2 aromatic rings. The van der Waals surface area contributed by atoms with Gasteiger partial charge in [0, 0.05) is 18.1 Å². The van der Waals surface area contributed by atoms with Crippen LogP contribution in [-0.4, -0.2) is 32.7 Å². The number of aromatic nitrogens is 1. The minimum absolute atomic E-state index is 0.419. The van der Waals surface area contributed by atoms with E-state index in [0.717, 1.165) is 21.6 Å². The van der Waals surface area contributed by atoms with Crippen LogP contribution < -0.4 is 10.0 Å². The molecule has 1 heterocycles. The van der Waals surface area contributed by atoms with E-state index in [1.54, 1.807) is 11.3 Å². The SMILES string of the molecule is CS(=O)(=O)NCCCNc1nc2cc(Cl)ccc2s1. The van der Waals surface area contributed by atoms with Crippen molar-refractivity contribution in [3.63, 3.8) is 0 Å². The van der Waals surface area contributed by atoms with Crippen LogP contribution >= 0.6 is 22.9 Å². The van der Waals surface area contributed by atoms with Crippen molar-refractivity contribution < 1.29 is 8.42 Å². The van der Waals surface area contributed by atoms with Crippen LogP contribution in [0.3, 0.4) is 0 Å². The van der Waals surface area contributed by atoms with Gasteiger partial charge in [-0.25, -0.2) is 18.1 Å². The molecule has 0 aliphatic carbocycles. The van der Waals surface area contributed by atoms with Crippen LogP contribution in [-0.2, 0) is 10.0 Å². The molecule has 0 unspecified atom stereocenters. The normalized spacial score (nSPS) is 11.9. The average molecular weight is 320 g/mol. The largest absolute Gasteiger partial charge is 0.361 e. The molecule has 0 radical (unpaired) electrons. The van der Waals surface area contributed by atoms with Crippen molar-refractivity contribution in [3.05, 3.63) is 23.2 Å². The number of anilines is 1. The molecule has 0 fully saturated rings. The van der Waals surface area contributed by atoms with Crippen molar-refractivity contribution in [3.8, 4) is 0 Å². The van der Waals surface area contributed by atoms with E-state index < -0.39 is 10.0 Å². The summed E-state index contributed by atoms with van der Waals surface area (Å²) in [7, 11) is -3.10. The molecule has 1 aromatic carbocycles. The van der Waals surface area contributed by atoms with Gasteiger partial charge in [0.25, 0.3) is 0 Å². The Kier molecular flexibility index (Phi) is 4.62. The maximum atomic E-state index is 10.9. The lowest BCUT2D eigenvalue weighted by atomic mass is 10.3. The minimum Gasteiger partial charge on any atom is -0.361 e. The second-order valence-electron chi connectivity index (χ2n) is 4.08. The predicted octanol–water partition coefficient (Wildman–Crippen LogP) is 2.30. The number of fused-ring (bicyclic) bond motifs is 1. The van der Waals surface area contributed by atoms with E-state index in [-0.39, 0.29) is 0 Å². The molecular weight excluding hydrogens is 306 g/mol. The number of thiazole rings is 1. The van der Waals surface area contributed by atoms with Gasteiger partial charge in [-0.1, -0.05) is 22.9 Å². The number of benzene rings is 1. The van der Waals surface area contributed by atoms with Gasteiger partial charge in [-0.05, 0) is 24.6 Å². The highest BCUT2D eigenvalue weighted by Crippen LogP contribution is 2.27. The molecular formula is C11H14ClN3O2S2. The summed E-state index contributed by atoms with van der Waals surface area (Å²) in [6.07, 6.45) is 1.85. The van der Waals surface area contributed by atoms with Crippen molar-refractivity contribution in [2.75, 3.05) is 24.7 Å². The molecule has 1 aromatic heterocycles. The number of rotatable bonds is 6. The quantitative estimate of drug-likeness (QED) is 0.801. The molecule has 0 aliphatic rings. The van der Waals surface area contributed by atoms with Gasteiger partial charge >= 0.3 is 0 Å². The maximum Gasteiger partial charge on any atom is 0.208 e. The Morgan fingerprint density at radius 2 is 2.16 bits per heavy atom. The number of halogens is 1. The van der Waals surface area contributed by atoms with Gasteiger partial charge in [-0.2, -0.15) is 0 Å². The third kappa shape index (κ3) is 4.61. The first-order valence-electron chi connectivity index (χ1n) is 5.69. The molecule has 0 bridgehead atoms. The fourth-order valence-electron chi connectivity index (χ4n) is 1.52. The molecule has 2 N–H and O–H groups in total. The van der Waals surface area contributed by atoms with Crippen molar-refractivity contribution in [2.45, 2.75) is 6.42 Å². The van der Waals surface area contributed by atoms with Gasteiger partial charge in [-0.3, -0.25) is 0 Å². The van der Waals surface area contributed by atoms with Crippen molar-refractivity contribution in [1.29, 1.82) is 0 Å². The van der Waals surface area contributed by atoms with Crippen LogP contribution in [0.1, 0.15) is 6.42 Å². The van der Waals surface area contributed by atoms with E-state index in [4.69, 9.17) is 11.6 Å². The molecule has 104 valence electrons. The van der Waals surface area contributed by atoms with Gasteiger partial charge in [0.05, 0.1) is 16.5 Å². The number of nitrogens with one attached hydrogen (secondary N) is 2. The Morgan fingerprint density at radius 1 is 1.37 bits per heavy atom. The van der Waals surface area contributed by atoms with Gasteiger partial charge in [0.15, 0.2) is 5.13 Å². The Morgan fingerprint density at radius 3 is 2.89 bits per heavy atom. The zero-order valence-electron chi connectivity index (χ0n) is 10.3. The summed E-state index contributed by atoms with van der Waals surface area (Å²) in [5.74, 6) is 0. The van der Waals surface area contributed by atoms with E-state index >= 15 is 0 Å². The Bertz CT molecular complexity index is 670. The number of nitrogens with zero attached hydrogens (tertiary/aromatic N) is 1. The Balaban J connectivity index is 1.85. The van der Waals surface area contributed by atoms with E-state index in [0.29, 0.717) is 24.5 Å². The second-order valence-corrected chi connectivity index (χ2v) is 7.38. The van der Waals surface area contributed by atoms with Gasteiger partial charge in [0.1, 0.15) is 0 Å². The molecule has 0 spiro atoms. The monoisotopic (exact) mass is 319 g/mol. The molecule has 19 heavy (non-hydrogen) atoms.